The zero-order valence-electron chi connectivity index (χ0n) is 12.3. The van der Waals surface area contributed by atoms with Gasteiger partial charge in [-0.15, -0.1) is 11.3 Å². The van der Waals surface area contributed by atoms with Crippen LogP contribution in [0.15, 0.2) is 46.9 Å². The van der Waals surface area contributed by atoms with Gasteiger partial charge in [0.25, 0.3) is 0 Å². The Bertz CT molecular complexity index is 955. The quantitative estimate of drug-likeness (QED) is 0.682. The van der Waals surface area contributed by atoms with Gasteiger partial charge in [-0.3, -0.25) is 4.98 Å². The molecule has 0 saturated carbocycles. The molecule has 3 aromatic rings. The first kappa shape index (κ1) is 17.1. The molecule has 0 spiro atoms. The van der Waals surface area contributed by atoms with Crippen LogP contribution in [0.1, 0.15) is 0 Å². The van der Waals surface area contributed by atoms with Crippen molar-refractivity contribution in [1.29, 1.82) is 0 Å². The molecule has 0 radical (unpaired) electrons. The summed E-state index contributed by atoms with van der Waals surface area (Å²) in [6.45, 7) is -0.306. The predicted molar refractivity (Wildman–Crippen MR) is 93.4 cm³/mol. The Labute approximate surface area is 147 Å². The van der Waals surface area contributed by atoms with E-state index in [2.05, 4.69) is 9.71 Å². The van der Waals surface area contributed by atoms with Gasteiger partial charge in [-0.05, 0) is 30.3 Å². The number of sulfonamides is 1. The van der Waals surface area contributed by atoms with Crippen LogP contribution in [-0.4, -0.2) is 31.7 Å². The van der Waals surface area contributed by atoms with Crippen molar-refractivity contribution in [2.45, 2.75) is 4.21 Å². The summed E-state index contributed by atoms with van der Waals surface area (Å²) >= 11 is 6.93. The summed E-state index contributed by atoms with van der Waals surface area (Å²) in [7, 11) is -3.67. The minimum atomic E-state index is -3.67. The maximum Gasteiger partial charge on any atom is 0.250 e. The van der Waals surface area contributed by atoms with E-state index in [0.29, 0.717) is 26.6 Å². The van der Waals surface area contributed by atoms with Crippen molar-refractivity contribution in [2.24, 2.45) is 0 Å². The normalized spacial score (nSPS) is 11.8. The zero-order chi connectivity index (χ0) is 17.2. The van der Waals surface area contributed by atoms with Crippen LogP contribution in [0.4, 0.5) is 0 Å². The highest BCUT2D eigenvalue weighted by Gasteiger charge is 2.19. The number of aliphatic hydroxyl groups excluding tert-OH is 1. The fourth-order valence-electron chi connectivity index (χ4n) is 2.01. The molecular formula is C15H13ClN2O4S2. The highest BCUT2D eigenvalue weighted by atomic mass is 35.5. The predicted octanol–water partition coefficient (Wildman–Crippen LogP) is 3.01. The van der Waals surface area contributed by atoms with E-state index in [4.69, 9.17) is 21.4 Å². The summed E-state index contributed by atoms with van der Waals surface area (Å²) in [5.74, 6) is 1.03. The third-order valence-corrected chi connectivity index (χ3v) is 6.35. The maximum absolute atomic E-state index is 12.2. The summed E-state index contributed by atoms with van der Waals surface area (Å²) in [4.78, 5) is 4.09. The standard InChI is InChI=1S/C15H13ClN2O4S2/c16-10-1-3-11(4-2-10)22-13-8-17-9-14-12(13)7-15(23-14)24(20,21)18-5-6-19/h1-4,7-9,18-19H,5-6H2. The van der Waals surface area contributed by atoms with Crippen LogP contribution in [-0.2, 0) is 10.0 Å². The number of hydrogen-bond acceptors (Lipinski definition) is 6. The molecule has 24 heavy (non-hydrogen) atoms. The third-order valence-electron chi connectivity index (χ3n) is 3.10. The van der Waals surface area contributed by atoms with Gasteiger partial charge in [0, 0.05) is 23.2 Å². The minimum Gasteiger partial charge on any atom is -0.455 e. The number of aliphatic hydroxyl groups is 1. The van der Waals surface area contributed by atoms with Gasteiger partial charge in [0.1, 0.15) is 9.96 Å². The van der Waals surface area contributed by atoms with Crippen LogP contribution >= 0.6 is 22.9 Å². The van der Waals surface area contributed by atoms with Crippen molar-refractivity contribution >= 4 is 43.0 Å². The van der Waals surface area contributed by atoms with Gasteiger partial charge in [0.05, 0.1) is 17.5 Å². The Morgan fingerprint density at radius 2 is 2.00 bits per heavy atom. The lowest BCUT2D eigenvalue weighted by molar-refractivity contribution is 0.301. The molecule has 0 unspecified atom stereocenters. The molecule has 0 saturated heterocycles. The molecule has 2 heterocycles. The van der Waals surface area contributed by atoms with E-state index >= 15 is 0 Å². The highest BCUT2D eigenvalue weighted by molar-refractivity contribution is 7.91. The van der Waals surface area contributed by atoms with Crippen LogP contribution in [0.25, 0.3) is 10.1 Å². The van der Waals surface area contributed by atoms with E-state index in [-0.39, 0.29) is 17.4 Å². The van der Waals surface area contributed by atoms with Gasteiger partial charge >= 0.3 is 0 Å². The minimum absolute atomic E-state index is 0.0387. The largest absolute Gasteiger partial charge is 0.455 e. The number of ether oxygens (including phenoxy) is 1. The summed E-state index contributed by atoms with van der Waals surface area (Å²) in [5.41, 5.74) is 0. The highest BCUT2D eigenvalue weighted by Crippen LogP contribution is 2.36. The molecule has 1 aromatic carbocycles. The van der Waals surface area contributed by atoms with E-state index in [1.54, 1.807) is 30.5 Å². The average molecular weight is 385 g/mol. The van der Waals surface area contributed by atoms with Crippen LogP contribution in [0.5, 0.6) is 11.5 Å². The lowest BCUT2D eigenvalue weighted by Gasteiger charge is -2.06. The SMILES string of the molecule is O=S(=O)(NCCO)c1cc2c(Oc3ccc(Cl)cc3)cncc2s1. The molecule has 0 atom stereocenters. The lowest BCUT2D eigenvalue weighted by Crippen LogP contribution is -2.25. The summed E-state index contributed by atoms with van der Waals surface area (Å²) < 4.78 is 33.3. The molecule has 126 valence electrons. The number of nitrogens with zero attached hydrogens (tertiary/aromatic N) is 1. The van der Waals surface area contributed by atoms with Crippen molar-refractivity contribution in [2.75, 3.05) is 13.2 Å². The van der Waals surface area contributed by atoms with Crippen molar-refractivity contribution in [1.82, 2.24) is 9.71 Å². The summed E-state index contributed by atoms with van der Waals surface area (Å²) in [6, 6.07) is 8.37. The van der Waals surface area contributed by atoms with Crippen LogP contribution in [0, 0.1) is 0 Å². The number of thiophene rings is 1. The number of pyridine rings is 1. The molecule has 0 aliphatic carbocycles. The van der Waals surface area contributed by atoms with Gasteiger partial charge in [-0.1, -0.05) is 11.6 Å². The number of fused-ring (bicyclic) bond motifs is 1. The maximum atomic E-state index is 12.2. The van der Waals surface area contributed by atoms with Crippen molar-refractivity contribution < 1.29 is 18.3 Å². The van der Waals surface area contributed by atoms with E-state index in [9.17, 15) is 8.42 Å². The van der Waals surface area contributed by atoms with Crippen LogP contribution < -0.4 is 9.46 Å². The Kier molecular flexibility index (Phi) is 5.02. The van der Waals surface area contributed by atoms with E-state index in [1.807, 2.05) is 0 Å². The zero-order valence-corrected chi connectivity index (χ0v) is 14.7. The van der Waals surface area contributed by atoms with E-state index < -0.39 is 10.0 Å². The molecule has 2 aromatic heterocycles. The molecule has 6 nitrogen and oxygen atoms in total. The topological polar surface area (TPSA) is 88.5 Å². The molecular weight excluding hydrogens is 372 g/mol. The van der Waals surface area contributed by atoms with Gasteiger partial charge in [0.15, 0.2) is 5.75 Å². The van der Waals surface area contributed by atoms with Crippen LogP contribution in [0.3, 0.4) is 0 Å². The second-order valence-electron chi connectivity index (χ2n) is 4.79. The molecule has 0 aliphatic rings. The first-order chi connectivity index (χ1) is 11.5. The third kappa shape index (κ3) is 3.68. The number of hydrogen-bond donors (Lipinski definition) is 2. The van der Waals surface area contributed by atoms with Crippen LogP contribution in [0.2, 0.25) is 5.02 Å². The monoisotopic (exact) mass is 384 g/mol. The number of halogens is 1. The molecule has 0 bridgehead atoms. The first-order valence-corrected chi connectivity index (χ1v) is 9.59. The van der Waals surface area contributed by atoms with E-state index in [1.165, 1.54) is 12.3 Å². The Hall–Kier alpha value is -1.71. The Balaban J connectivity index is 1.97. The second-order valence-corrected chi connectivity index (χ2v) is 8.31. The van der Waals surface area contributed by atoms with Gasteiger partial charge < -0.3 is 9.84 Å². The summed E-state index contributed by atoms with van der Waals surface area (Å²) in [5, 5.41) is 10.0. The molecule has 0 aliphatic heterocycles. The number of nitrogens with one attached hydrogen (secondary N) is 1. The molecule has 0 amide bonds. The molecule has 0 fully saturated rings. The fourth-order valence-corrected chi connectivity index (χ4v) is 4.57. The van der Waals surface area contributed by atoms with Gasteiger partial charge in [0.2, 0.25) is 10.0 Å². The van der Waals surface area contributed by atoms with Gasteiger partial charge in [-0.25, -0.2) is 13.1 Å². The number of benzene rings is 1. The van der Waals surface area contributed by atoms with Crippen molar-refractivity contribution in [3.05, 3.63) is 47.7 Å². The Morgan fingerprint density at radius 3 is 2.71 bits per heavy atom. The lowest BCUT2D eigenvalue weighted by atomic mass is 10.3. The number of rotatable bonds is 6. The molecule has 9 heteroatoms. The Morgan fingerprint density at radius 1 is 1.25 bits per heavy atom. The van der Waals surface area contributed by atoms with E-state index in [0.717, 1.165) is 11.3 Å². The van der Waals surface area contributed by atoms with Crippen molar-refractivity contribution in [3.8, 4) is 11.5 Å². The summed E-state index contributed by atoms with van der Waals surface area (Å²) in [6.07, 6.45) is 3.11. The van der Waals surface area contributed by atoms with Crippen molar-refractivity contribution in [3.63, 3.8) is 0 Å². The fraction of sp³-hybridized carbons (Fsp3) is 0.133. The number of aromatic nitrogens is 1. The average Bonchev–Trinajstić information content (AvgIpc) is 3.01. The smallest absolute Gasteiger partial charge is 0.250 e. The second kappa shape index (κ2) is 7.04. The molecule has 2 N–H and O–H groups in total. The van der Waals surface area contributed by atoms with Gasteiger partial charge in [-0.2, -0.15) is 0 Å². The first-order valence-electron chi connectivity index (χ1n) is 6.91. The molecule has 3 rings (SSSR count).